The lowest BCUT2D eigenvalue weighted by Crippen LogP contribution is -2.35. The van der Waals surface area contributed by atoms with Crippen molar-refractivity contribution in [2.45, 2.75) is 13.0 Å². The third-order valence-electron chi connectivity index (χ3n) is 3.95. The zero-order valence-corrected chi connectivity index (χ0v) is 13.0. The second-order valence-electron chi connectivity index (χ2n) is 5.22. The maximum atomic E-state index is 12.7. The first kappa shape index (κ1) is 12.9. The van der Waals surface area contributed by atoms with Crippen LogP contribution < -0.4 is 5.73 Å². The minimum Gasteiger partial charge on any atom is -0.398 e. The SMILES string of the molecule is Nc1cccc2c1CN(C(=O)c1cc3sccc3s1)CC2. The zero-order valence-electron chi connectivity index (χ0n) is 11.3. The number of hydrogen-bond donors (Lipinski definition) is 1. The molecule has 3 nitrogen and oxygen atoms in total. The van der Waals surface area contributed by atoms with Crippen LogP contribution in [0.2, 0.25) is 0 Å². The smallest absolute Gasteiger partial charge is 0.264 e. The van der Waals surface area contributed by atoms with Gasteiger partial charge in [-0.15, -0.1) is 22.7 Å². The summed E-state index contributed by atoms with van der Waals surface area (Å²) in [6.07, 6.45) is 0.881. The van der Waals surface area contributed by atoms with E-state index in [0.29, 0.717) is 6.54 Å². The fraction of sp³-hybridized carbons (Fsp3) is 0.188. The predicted octanol–water partition coefficient (Wildman–Crippen LogP) is 3.74. The lowest BCUT2D eigenvalue weighted by Gasteiger charge is -2.29. The fourth-order valence-corrected chi connectivity index (χ4v) is 4.88. The van der Waals surface area contributed by atoms with Gasteiger partial charge in [0.25, 0.3) is 5.91 Å². The largest absolute Gasteiger partial charge is 0.398 e. The number of anilines is 1. The summed E-state index contributed by atoms with van der Waals surface area (Å²) in [5, 5.41) is 2.06. The maximum absolute atomic E-state index is 12.7. The highest BCUT2D eigenvalue weighted by atomic mass is 32.1. The quantitative estimate of drug-likeness (QED) is 0.695. The van der Waals surface area contributed by atoms with Gasteiger partial charge in [0, 0.05) is 28.2 Å². The highest BCUT2D eigenvalue weighted by Crippen LogP contribution is 2.32. The Morgan fingerprint density at radius 3 is 3.00 bits per heavy atom. The van der Waals surface area contributed by atoms with E-state index in [2.05, 4.69) is 17.5 Å². The molecule has 0 bridgehead atoms. The molecule has 1 aliphatic rings. The number of fused-ring (bicyclic) bond motifs is 2. The summed E-state index contributed by atoms with van der Waals surface area (Å²) in [4.78, 5) is 15.4. The number of hydrogen-bond acceptors (Lipinski definition) is 4. The molecule has 1 amide bonds. The summed E-state index contributed by atoms with van der Waals surface area (Å²) in [5.74, 6) is 0.123. The Kier molecular flexibility index (Phi) is 2.97. The minimum atomic E-state index is 0.123. The summed E-state index contributed by atoms with van der Waals surface area (Å²) < 4.78 is 2.39. The molecule has 4 rings (SSSR count). The number of rotatable bonds is 1. The van der Waals surface area contributed by atoms with E-state index in [1.54, 1.807) is 22.7 Å². The van der Waals surface area contributed by atoms with E-state index in [-0.39, 0.29) is 5.91 Å². The Morgan fingerprint density at radius 2 is 2.14 bits per heavy atom. The van der Waals surface area contributed by atoms with Gasteiger partial charge in [-0.3, -0.25) is 4.79 Å². The molecule has 1 aliphatic heterocycles. The van der Waals surface area contributed by atoms with Crippen LogP contribution in [0, 0.1) is 0 Å². The third-order valence-corrected chi connectivity index (χ3v) is 6.03. The first-order chi connectivity index (χ1) is 10.2. The molecule has 0 aliphatic carbocycles. The first-order valence-corrected chi connectivity index (χ1v) is 8.54. The van der Waals surface area contributed by atoms with E-state index >= 15 is 0 Å². The van der Waals surface area contributed by atoms with Crippen LogP contribution in [0.5, 0.6) is 0 Å². The van der Waals surface area contributed by atoms with Crippen LogP contribution in [-0.4, -0.2) is 17.4 Å². The Morgan fingerprint density at radius 1 is 1.24 bits per heavy atom. The normalized spacial score (nSPS) is 14.4. The standard InChI is InChI=1S/C16H14N2OS2/c17-12-3-1-2-10-4-6-18(9-11(10)12)16(19)15-8-14-13(21-15)5-7-20-14/h1-3,5,7-8H,4,6,9,17H2. The Labute approximate surface area is 130 Å². The van der Waals surface area contributed by atoms with Gasteiger partial charge in [-0.1, -0.05) is 12.1 Å². The minimum absolute atomic E-state index is 0.123. The monoisotopic (exact) mass is 314 g/mol. The molecule has 0 unspecified atom stereocenters. The van der Waals surface area contributed by atoms with Crippen LogP contribution in [0.1, 0.15) is 20.8 Å². The second-order valence-corrected chi connectivity index (χ2v) is 7.25. The van der Waals surface area contributed by atoms with Crippen molar-refractivity contribution < 1.29 is 4.79 Å². The van der Waals surface area contributed by atoms with E-state index in [4.69, 9.17) is 5.73 Å². The van der Waals surface area contributed by atoms with E-state index in [9.17, 15) is 4.79 Å². The Bertz CT molecular complexity index is 805. The number of carbonyl (C=O) groups excluding carboxylic acids is 1. The van der Waals surface area contributed by atoms with Gasteiger partial charge in [0.1, 0.15) is 0 Å². The van der Waals surface area contributed by atoms with Crippen LogP contribution >= 0.6 is 22.7 Å². The number of nitrogens with two attached hydrogens (primary N) is 1. The summed E-state index contributed by atoms with van der Waals surface area (Å²) in [6.45, 7) is 1.38. The molecule has 0 spiro atoms. The summed E-state index contributed by atoms with van der Waals surface area (Å²) in [7, 11) is 0. The number of carbonyl (C=O) groups is 1. The average Bonchev–Trinajstić information content (AvgIpc) is 3.08. The molecule has 0 atom stereocenters. The van der Waals surface area contributed by atoms with Gasteiger partial charge < -0.3 is 10.6 Å². The zero-order chi connectivity index (χ0) is 14.4. The molecule has 21 heavy (non-hydrogen) atoms. The molecule has 2 aromatic heterocycles. The summed E-state index contributed by atoms with van der Waals surface area (Å²) >= 11 is 3.26. The topological polar surface area (TPSA) is 46.3 Å². The van der Waals surface area contributed by atoms with E-state index in [0.717, 1.165) is 29.1 Å². The Hall–Kier alpha value is -1.85. The molecule has 0 fully saturated rings. The number of thiophene rings is 2. The number of benzene rings is 1. The average molecular weight is 314 g/mol. The van der Waals surface area contributed by atoms with Crippen molar-refractivity contribution in [2.75, 3.05) is 12.3 Å². The van der Waals surface area contributed by atoms with Crippen molar-refractivity contribution in [1.82, 2.24) is 4.90 Å². The van der Waals surface area contributed by atoms with E-state index in [1.165, 1.54) is 15.0 Å². The molecule has 0 saturated heterocycles. The van der Waals surface area contributed by atoms with Gasteiger partial charge in [0.05, 0.1) is 4.88 Å². The summed E-state index contributed by atoms with van der Waals surface area (Å²) in [5.41, 5.74) is 9.22. The fourth-order valence-electron chi connectivity index (χ4n) is 2.81. The molecule has 3 aromatic rings. The number of nitrogen functional groups attached to an aromatic ring is 1. The Balaban J connectivity index is 1.64. The molecular weight excluding hydrogens is 300 g/mol. The summed E-state index contributed by atoms with van der Waals surface area (Å²) in [6, 6.07) is 10.1. The second kappa shape index (κ2) is 4.86. The van der Waals surface area contributed by atoms with Crippen LogP contribution in [0.25, 0.3) is 9.40 Å². The molecule has 3 heterocycles. The van der Waals surface area contributed by atoms with Crippen molar-refractivity contribution in [3.8, 4) is 0 Å². The molecular formula is C16H14N2OS2. The van der Waals surface area contributed by atoms with Crippen LogP contribution in [-0.2, 0) is 13.0 Å². The predicted molar refractivity (Wildman–Crippen MR) is 89.0 cm³/mol. The van der Waals surface area contributed by atoms with Gasteiger partial charge in [0.15, 0.2) is 0 Å². The van der Waals surface area contributed by atoms with Gasteiger partial charge in [-0.2, -0.15) is 0 Å². The van der Waals surface area contributed by atoms with E-state index < -0.39 is 0 Å². The van der Waals surface area contributed by atoms with Crippen LogP contribution in [0.4, 0.5) is 5.69 Å². The molecule has 5 heteroatoms. The lowest BCUT2D eigenvalue weighted by atomic mass is 9.98. The van der Waals surface area contributed by atoms with Crippen LogP contribution in [0.3, 0.4) is 0 Å². The third kappa shape index (κ3) is 2.13. The van der Waals surface area contributed by atoms with Crippen molar-refractivity contribution in [2.24, 2.45) is 0 Å². The number of amides is 1. The van der Waals surface area contributed by atoms with Gasteiger partial charge in [0.2, 0.25) is 0 Å². The van der Waals surface area contributed by atoms with Crippen molar-refractivity contribution in [1.29, 1.82) is 0 Å². The van der Waals surface area contributed by atoms with E-state index in [1.807, 2.05) is 23.1 Å². The lowest BCUT2D eigenvalue weighted by molar-refractivity contribution is 0.0740. The molecule has 1 aromatic carbocycles. The van der Waals surface area contributed by atoms with Gasteiger partial charge >= 0.3 is 0 Å². The number of nitrogens with zero attached hydrogens (tertiary/aromatic N) is 1. The molecule has 2 N–H and O–H groups in total. The van der Waals surface area contributed by atoms with Crippen molar-refractivity contribution >= 4 is 43.7 Å². The first-order valence-electron chi connectivity index (χ1n) is 6.85. The maximum Gasteiger partial charge on any atom is 0.264 e. The van der Waals surface area contributed by atoms with Gasteiger partial charge in [-0.25, -0.2) is 0 Å². The van der Waals surface area contributed by atoms with Crippen molar-refractivity contribution in [3.63, 3.8) is 0 Å². The van der Waals surface area contributed by atoms with Crippen LogP contribution in [0.15, 0.2) is 35.7 Å². The highest BCUT2D eigenvalue weighted by molar-refractivity contribution is 7.27. The van der Waals surface area contributed by atoms with Crippen molar-refractivity contribution in [3.05, 3.63) is 51.7 Å². The highest BCUT2D eigenvalue weighted by Gasteiger charge is 2.24. The molecule has 106 valence electrons. The van der Waals surface area contributed by atoms with Gasteiger partial charge in [-0.05, 0) is 41.1 Å². The molecule has 0 saturated carbocycles. The molecule has 0 radical (unpaired) electrons.